The largest absolute Gasteiger partial charge is 0.491 e. The number of hydrogen-bond donors (Lipinski definition) is 4. The van der Waals surface area contributed by atoms with Crippen molar-refractivity contribution in [3.63, 3.8) is 0 Å². The van der Waals surface area contributed by atoms with Crippen LogP contribution in [0.5, 0.6) is 5.75 Å². The lowest BCUT2D eigenvalue weighted by Crippen LogP contribution is -2.50. The fraction of sp³-hybridized carbons (Fsp3) is 0.548. The maximum absolute atomic E-state index is 13.5. The molecule has 0 saturated heterocycles. The fourth-order valence-electron chi connectivity index (χ4n) is 8.26. The Hall–Kier alpha value is -5.76. The minimum absolute atomic E-state index is 0.0808. The Morgan fingerprint density at radius 2 is 1.24 bits per heavy atom. The van der Waals surface area contributed by atoms with Gasteiger partial charge in [0, 0.05) is 31.7 Å². The fourth-order valence-corrected chi connectivity index (χ4v) is 8.26. The lowest BCUT2D eigenvalue weighted by molar-refractivity contribution is -0.146. The topological polar surface area (TPSA) is 163 Å². The number of carbonyl (C=O) groups is 4. The number of ether oxygens (including phenoxy) is 5. The maximum Gasteiger partial charge on any atom is 0.407 e. The van der Waals surface area contributed by atoms with Gasteiger partial charge >= 0.3 is 6.09 Å². The van der Waals surface area contributed by atoms with Gasteiger partial charge < -0.3 is 45.0 Å². The van der Waals surface area contributed by atoms with E-state index in [4.69, 9.17) is 23.7 Å². The molecule has 0 aliphatic heterocycles. The monoisotopic (exact) mass is 1030 g/mol. The van der Waals surface area contributed by atoms with E-state index in [1.165, 1.54) is 64.2 Å². The SMILES string of the molecule is CCCCCCCCC/C=C/CCCCCCCOC(=O)NCCOC(OCCNC(=O)CNC(=O)C(Cc1ccccc1)NC(=O)Cc1ccc2ccccc2c1)c1ccc(OCC(C)(C)OCCC(C)C)cc1. The third kappa shape index (κ3) is 28.1. The first-order valence-electron chi connectivity index (χ1n) is 27.9. The smallest absolute Gasteiger partial charge is 0.407 e. The predicted octanol–water partition coefficient (Wildman–Crippen LogP) is 12.1. The Morgan fingerprint density at radius 3 is 1.92 bits per heavy atom. The van der Waals surface area contributed by atoms with Crippen molar-refractivity contribution in [3.8, 4) is 5.75 Å². The van der Waals surface area contributed by atoms with Crippen molar-refractivity contribution in [2.45, 2.75) is 162 Å². The lowest BCUT2D eigenvalue weighted by Gasteiger charge is -2.26. The van der Waals surface area contributed by atoms with E-state index in [9.17, 15) is 19.2 Å². The highest BCUT2D eigenvalue weighted by Gasteiger charge is 2.23. The number of allylic oxidation sites excluding steroid dienone is 2. The second-order valence-electron chi connectivity index (χ2n) is 20.5. The van der Waals surface area contributed by atoms with Crippen LogP contribution in [-0.2, 0) is 46.2 Å². The summed E-state index contributed by atoms with van der Waals surface area (Å²) >= 11 is 0. The zero-order valence-electron chi connectivity index (χ0n) is 46.0. The van der Waals surface area contributed by atoms with Gasteiger partial charge in [0.25, 0.3) is 0 Å². The zero-order valence-corrected chi connectivity index (χ0v) is 46.0. The summed E-state index contributed by atoms with van der Waals surface area (Å²) in [6, 6.07) is 29.7. The van der Waals surface area contributed by atoms with Crippen LogP contribution in [0.15, 0.2) is 109 Å². The van der Waals surface area contributed by atoms with Gasteiger partial charge in [-0.2, -0.15) is 0 Å². The van der Waals surface area contributed by atoms with Crippen molar-refractivity contribution in [2.75, 3.05) is 52.7 Å². The van der Waals surface area contributed by atoms with Crippen LogP contribution < -0.4 is 26.0 Å². The quantitative estimate of drug-likeness (QED) is 0.0193. The van der Waals surface area contributed by atoms with Crippen LogP contribution >= 0.6 is 0 Å². The summed E-state index contributed by atoms with van der Waals surface area (Å²) in [6.45, 7) is 12.2. The minimum atomic E-state index is -0.904. The Labute approximate surface area is 449 Å². The third-order valence-electron chi connectivity index (χ3n) is 12.7. The number of amides is 4. The van der Waals surface area contributed by atoms with Crippen LogP contribution in [0.1, 0.15) is 154 Å². The third-order valence-corrected chi connectivity index (χ3v) is 12.7. The first-order chi connectivity index (χ1) is 36.4. The van der Waals surface area contributed by atoms with Crippen LogP contribution in [0.3, 0.4) is 0 Å². The van der Waals surface area contributed by atoms with E-state index < -0.39 is 35.8 Å². The average molecular weight is 1040 g/mol. The zero-order chi connectivity index (χ0) is 53.8. The van der Waals surface area contributed by atoms with Crippen molar-refractivity contribution in [1.29, 1.82) is 0 Å². The van der Waals surface area contributed by atoms with Crippen molar-refractivity contribution >= 4 is 34.6 Å². The molecule has 0 aliphatic rings. The number of unbranched alkanes of at least 4 members (excludes halogenated alkanes) is 12. The molecule has 4 amide bonds. The van der Waals surface area contributed by atoms with E-state index in [0.717, 1.165) is 54.0 Å². The van der Waals surface area contributed by atoms with E-state index in [0.29, 0.717) is 37.1 Å². The molecule has 2 unspecified atom stereocenters. The molecule has 4 aromatic rings. The summed E-state index contributed by atoms with van der Waals surface area (Å²) in [5.74, 6) is 0.00544. The Kier molecular flexibility index (Phi) is 30.5. The first-order valence-corrected chi connectivity index (χ1v) is 27.9. The van der Waals surface area contributed by atoms with E-state index in [1.54, 1.807) is 0 Å². The lowest BCUT2D eigenvalue weighted by atomic mass is 10.0. The molecule has 75 heavy (non-hydrogen) atoms. The highest BCUT2D eigenvalue weighted by Crippen LogP contribution is 2.24. The number of fused-ring (bicyclic) bond motifs is 1. The van der Waals surface area contributed by atoms with E-state index in [1.807, 2.05) is 111 Å². The number of alkyl carbamates (subject to hydrolysis) is 1. The van der Waals surface area contributed by atoms with Crippen molar-refractivity contribution < 1.29 is 42.9 Å². The molecular formula is C62H90N4O9. The van der Waals surface area contributed by atoms with Gasteiger partial charge in [0.15, 0.2) is 6.29 Å². The second-order valence-corrected chi connectivity index (χ2v) is 20.5. The molecular weight excluding hydrogens is 945 g/mol. The van der Waals surface area contributed by atoms with E-state index in [-0.39, 0.29) is 51.6 Å². The molecule has 4 N–H and O–H groups in total. The first kappa shape index (κ1) is 61.8. The molecule has 0 aliphatic carbocycles. The van der Waals surface area contributed by atoms with Gasteiger partial charge in [0.1, 0.15) is 18.4 Å². The summed E-state index contributed by atoms with van der Waals surface area (Å²) in [7, 11) is 0. The highest BCUT2D eigenvalue weighted by atomic mass is 16.7. The number of hydrogen-bond acceptors (Lipinski definition) is 9. The molecule has 0 spiro atoms. The summed E-state index contributed by atoms with van der Waals surface area (Å²) in [5.41, 5.74) is 1.94. The second kappa shape index (κ2) is 37.1. The Morgan fingerprint density at radius 1 is 0.613 bits per heavy atom. The minimum Gasteiger partial charge on any atom is -0.491 e. The van der Waals surface area contributed by atoms with Gasteiger partial charge in [-0.15, -0.1) is 0 Å². The predicted molar refractivity (Wildman–Crippen MR) is 301 cm³/mol. The standard InChI is InChI=1S/C62H90N4O9/c1-6-7-8-9-10-11-12-13-14-15-16-17-18-19-20-26-40-73-61(70)64-39-43-72-60(53-33-35-55(36-34-53)74-48-62(4,5)75-41-37-49(2)3)71-42-38-63-58(68)47-65-59(69)56(45-50-27-22-21-23-28-50)66-57(67)46-51-31-32-52-29-24-25-30-54(52)44-51/h14-15,21-25,27-36,44,49,56,60H,6-13,16-20,26,37-43,45-48H2,1-5H3,(H,63,68)(H,64,70)(H,65,69)(H,66,67)/b15-14+. The molecule has 4 rings (SSSR count). The van der Waals surface area contributed by atoms with Crippen molar-refractivity contribution in [3.05, 3.63) is 126 Å². The number of benzene rings is 4. The van der Waals surface area contributed by atoms with Gasteiger partial charge in [-0.25, -0.2) is 4.79 Å². The van der Waals surface area contributed by atoms with Crippen LogP contribution in [0.25, 0.3) is 10.8 Å². The van der Waals surface area contributed by atoms with E-state index >= 15 is 0 Å². The molecule has 13 nitrogen and oxygen atoms in total. The van der Waals surface area contributed by atoms with Gasteiger partial charge in [-0.1, -0.05) is 176 Å². The molecule has 0 bridgehead atoms. The van der Waals surface area contributed by atoms with Gasteiger partial charge in [-0.3, -0.25) is 14.4 Å². The van der Waals surface area contributed by atoms with Crippen molar-refractivity contribution in [2.24, 2.45) is 5.92 Å². The molecule has 0 saturated carbocycles. The van der Waals surface area contributed by atoms with Crippen LogP contribution in [-0.4, -0.2) is 88.1 Å². The van der Waals surface area contributed by atoms with Crippen molar-refractivity contribution in [1.82, 2.24) is 21.3 Å². The summed E-state index contributed by atoms with van der Waals surface area (Å²) in [5, 5.41) is 13.2. The van der Waals surface area contributed by atoms with Crippen LogP contribution in [0.4, 0.5) is 4.79 Å². The number of rotatable bonds is 40. The molecule has 0 radical (unpaired) electrons. The van der Waals surface area contributed by atoms with E-state index in [2.05, 4.69) is 54.2 Å². The normalized spacial score (nSPS) is 12.4. The molecule has 0 aromatic heterocycles. The number of nitrogens with one attached hydrogen (secondary N) is 4. The molecule has 4 aromatic carbocycles. The highest BCUT2D eigenvalue weighted by molar-refractivity contribution is 5.91. The summed E-state index contributed by atoms with van der Waals surface area (Å²) < 4.78 is 29.8. The molecule has 2 atom stereocenters. The molecule has 0 heterocycles. The van der Waals surface area contributed by atoms with Gasteiger partial charge in [0.05, 0.1) is 38.4 Å². The average Bonchev–Trinajstić information content (AvgIpc) is 3.40. The summed E-state index contributed by atoms with van der Waals surface area (Å²) in [6.07, 6.45) is 21.7. The number of carbonyl (C=O) groups excluding carboxylic acids is 4. The van der Waals surface area contributed by atoms with Gasteiger partial charge in [-0.05, 0) is 92.3 Å². The molecule has 412 valence electrons. The van der Waals surface area contributed by atoms with Crippen LogP contribution in [0, 0.1) is 5.92 Å². The summed E-state index contributed by atoms with van der Waals surface area (Å²) in [4.78, 5) is 52.3. The Balaban J connectivity index is 1.19. The van der Waals surface area contributed by atoms with Gasteiger partial charge in [0.2, 0.25) is 17.7 Å². The van der Waals surface area contributed by atoms with Crippen LogP contribution in [0.2, 0.25) is 0 Å². The molecule has 13 heteroatoms. The maximum atomic E-state index is 13.5. The Bertz CT molecular complexity index is 2230. The molecule has 0 fully saturated rings.